The largest absolute Gasteiger partial charge is 0.496 e. The maximum absolute atomic E-state index is 11.5. The van der Waals surface area contributed by atoms with E-state index in [-0.39, 0.29) is 11.7 Å². The van der Waals surface area contributed by atoms with Crippen molar-refractivity contribution in [1.82, 2.24) is 14.8 Å². The topological polar surface area (TPSA) is 83.3 Å². The molecule has 0 amide bonds. The lowest BCUT2D eigenvalue weighted by Crippen LogP contribution is -2.11. The van der Waals surface area contributed by atoms with E-state index in [0.29, 0.717) is 18.2 Å². The molecule has 0 fully saturated rings. The van der Waals surface area contributed by atoms with Crippen LogP contribution in [0, 0.1) is 0 Å². The highest BCUT2D eigenvalue weighted by atomic mass is 35.7. The van der Waals surface area contributed by atoms with E-state index < -0.39 is 9.05 Å². The highest BCUT2D eigenvalue weighted by Gasteiger charge is 2.24. The molecule has 0 bridgehead atoms. The van der Waals surface area contributed by atoms with Crippen LogP contribution in [0.5, 0.6) is 5.75 Å². The number of rotatable bonds is 6. The van der Waals surface area contributed by atoms with Crippen LogP contribution in [0.15, 0.2) is 16.6 Å². The highest BCUT2D eigenvalue weighted by molar-refractivity contribution is 8.13. The summed E-state index contributed by atoms with van der Waals surface area (Å²) in [7, 11) is 4.46. The van der Waals surface area contributed by atoms with Crippen molar-refractivity contribution in [2.45, 2.75) is 11.7 Å². The summed E-state index contributed by atoms with van der Waals surface area (Å²) in [6.45, 7) is 0.591. The Labute approximate surface area is 124 Å². The first-order valence-electron chi connectivity index (χ1n) is 5.47. The number of methoxy groups -OCH3 is 2. The molecule has 2 aromatic rings. The first-order valence-corrected chi connectivity index (χ1v) is 8.66. The smallest absolute Gasteiger partial charge is 0.296 e. The zero-order valence-corrected chi connectivity index (χ0v) is 13.1. The van der Waals surface area contributed by atoms with Gasteiger partial charge in [-0.3, -0.25) is 4.57 Å². The molecule has 0 atom stereocenters. The predicted octanol–water partition coefficient (Wildman–Crippen LogP) is 1.59. The van der Waals surface area contributed by atoms with Crippen molar-refractivity contribution in [3.05, 3.63) is 11.4 Å². The van der Waals surface area contributed by atoms with Gasteiger partial charge in [0.1, 0.15) is 5.75 Å². The fourth-order valence-electron chi connectivity index (χ4n) is 1.58. The van der Waals surface area contributed by atoms with Crippen molar-refractivity contribution < 1.29 is 17.9 Å². The van der Waals surface area contributed by atoms with Gasteiger partial charge in [0.15, 0.2) is 5.82 Å². The Morgan fingerprint density at radius 3 is 2.70 bits per heavy atom. The normalized spacial score (nSPS) is 11.8. The van der Waals surface area contributed by atoms with E-state index in [9.17, 15) is 8.42 Å². The van der Waals surface area contributed by atoms with Gasteiger partial charge in [-0.1, -0.05) is 0 Å². The fourth-order valence-corrected chi connectivity index (χ4v) is 3.35. The molecule has 110 valence electrons. The molecule has 0 aliphatic heterocycles. The van der Waals surface area contributed by atoms with E-state index in [1.165, 1.54) is 23.0 Å². The lowest BCUT2D eigenvalue weighted by Gasteiger charge is -2.06. The molecule has 0 saturated heterocycles. The van der Waals surface area contributed by atoms with E-state index in [4.69, 9.17) is 20.2 Å². The lowest BCUT2D eigenvalue weighted by molar-refractivity contribution is 0.185. The third kappa shape index (κ3) is 3.11. The maximum Gasteiger partial charge on any atom is 0.296 e. The zero-order chi connectivity index (χ0) is 14.8. The average Bonchev–Trinajstić information content (AvgIpc) is 3.01. The summed E-state index contributed by atoms with van der Waals surface area (Å²) in [5.74, 6) is 1.08. The number of thiophene rings is 1. The second-order valence-corrected chi connectivity index (χ2v) is 7.11. The van der Waals surface area contributed by atoms with Gasteiger partial charge in [0, 0.05) is 29.2 Å². The van der Waals surface area contributed by atoms with Gasteiger partial charge in [-0.05, 0) is 0 Å². The summed E-state index contributed by atoms with van der Waals surface area (Å²) >= 11 is 1.37. The number of nitrogens with zero attached hydrogens (tertiary/aromatic N) is 3. The van der Waals surface area contributed by atoms with Crippen LogP contribution < -0.4 is 4.74 Å². The van der Waals surface area contributed by atoms with Crippen molar-refractivity contribution >= 4 is 31.1 Å². The van der Waals surface area contributed by atoms with Gasteiger partial charge >= 0.3 is 0 Å². The Bertz CT molecular complexity index is 695. The number of halogens is 1. The molecule has 20 heavy (non-hydrogen) atoms. The minimum Gasteiger partial charge on any atom is -0.496 e. The molecule has 0 radical (unpaired) electrons. The quantitative estimate of drug-likeness (QED) is 0.744. The van der Waals surface area contributed by atoms with E-state index in [0.717, 1.165) is 4.88 Å². The Kier molecular flexibility index (Phi) is 4.63. The van der Waals surface area contributed by atoms with E-state index >= 15 is 0 Å². The zero-order valence-electron chi connectivity index (χ0n) is 10.7. The third-order valence-electron chi connectivity index (χ3n) is 2.49. The van der Waals surface area contributed by atoms with E-state index in [2.05, 4.69) is 10.2 Å². The molecular weight excluding hydrogens is 326 g/mol. The SMILES string of the molecule is COCCn1c(-c2cc(OC)cs2)nnc1S(=O)(=O)Cl. The molecule has 2 heterocycles. The van der Waals surface area contributed by atoms with Crippen LogP contribution in [0.2, 0.25) is 0 Å². The Balaban J connectivity index is 2.49. The van der Waals surface area contributed by atoms with Crippen LogP contribution in [0.25, 0.3) is 10.7 Å². The molecule has 0 spiro atoms. The monoisotopic (exact) mass is 337 g/mol. The summed E-state index contributed by atoms with van der Waals surface area (Å²) in [5, 5.41) is 9.06. The van der Waals surface area contributed by atoms with Crippen LogP contribution in [-0.4, -0.2) is 44.0 Å². The minimum absolute atomic E-state index is 0.278. The van der Waals surface area contributed by atoms with Gasteiger partial charge in [0.05, 0.1) is 25.1 Å². The van der Waals surface area contributed by atoms with Crippen LogP contribution in [0.1, 0.15) is 0 Å². The van der Waals surface area contributed by atoms with Gasteiger partial charge in [0.25, 0.3) is 14.2 Å². The first-order chi connectivity index (χ1) is 9.47. The van der Waals surface area contributed by atoms with Crippen molar-refractivity contribution in [3.8, 4) is 16.5 Å². The average molecular weight is 338 g/mol. The maximum atomic E-state index is 11.5. The predicted molar refractivity (Wildman–Crippen MR) is 74.8 cm³/mol. The molecule has 0 saturated carbocycles. The van der Waals surface area contributed by atoms with E-state index in [1.807, 2.05) is 0 Å². The standard InChI is InChI=1S/C10H12ClN3O4S2/c1-17-4-3-14-9(8-5-7(18-2)6-19-8)12-13-10(14)20(11,15)16/h5-6H,3-4H2,1-2H3. The van der Waals surface area contributed by atoms with Crippen LogP contribution in [0.4, 0.5) is 0 Å². The molecular formula is C10H12ClN3O4S2. The second kappa shape index (κ2) is 6.08. The number of ether oxygens (including phenoxy) is 2. The number of aromatic nitrogens is 3. The fraction of sp³-hybridized carbons (Fsp3) is 0.400. The van der Waals surface area contributed by atoms with Gasteiger partial charge in [-0.2, -0.15) is 0 Å². The molecule has 0 unspecified atom stereocenters. The van der Waals surface area contributed by atoms with Gasteiger partial charge in [-0.15, -0.1) is 21.5 Å². The third-order valence-corrected chi connectivity index (χ3v) is 4.54. The summed E-state index contributed by atoms with van der Waals surface area (Å²) in [4.78, 5) is 0.733. The molecule has 0 aliphatic rings. The van der Waals surface area contributed by atoms with Crippen LogP contribution >= 0.6 is 22.0 Å². The molecule has 2 aromatic heterocycles. The van der Waals surface area contributed by atoms with E-state index in [1.54, 1.807) is 18.6 Å². The van der Waals surface area contributed by atoms with Crippen LogP contribution in [0.3, 0.4) is 0 Å². The first kappa shape index (κ1) is 15.2. The van der Waals surface area contributed by atoms with Gasteiger partial charge < -0.3 is 9.47 Å². The van der Waals surface area contributed by atoms with Crippen molar-refractivity contribution in [2.24, 2.45) is 0 Å². The Morgan fingerprint density at radius 2 is 2.15 bits per heavy atom. The van der Waals surface area contributed by atoms with Crippen molar-refractivity contribution in [2.75, 3.05) is 20.8 Å². The lowest BCUT2D eigenvalue weighted by atomic mass is 10.4. The minimum atomic E-state index is -3.97. The summed E-state index contributed by atoms with van der Waals surface area (Å²) < 4.78 is 34.5. The number of hydrogen-bond acceptors (Lipinski definition) is 7. The van der Waals surface area contributed by atoms with Gasteiger partial charge in [-0.25, -0.2) is 8.42 Å². The molecule has 10 heteroatoms. The molecule has 7 nitrogen and oxygen atoms in total. The second-order valence-electron chi connectivity index (χ2n) is 3.74. The highest BCUT2D eigenvalue weighted by Crippen LogP contribution is 2.31. The Hall–Kier alpha value is -1.16. The Morgan fingerprint density at radius 1 is 1.40 bits per heavy atom. The summed E-state index contributed by atoms with van der Waals surface area (Å²) in [6.07, 6.45) is 0. The van der Waals surface area contributed by atoms with Crippen LogP contribution in [-0.2, 0) is 20.3 Å². The molecule has 0 aliphatic carbocycles. The number of hydrogen-bond donors (Lipinski definition) is 0. The summed E-state index contributed by atoms with van der Waals surface area (Å²) in [5.41, 5.74) is 0. The molecule has 0 aromatic carbocycles. The molecule has 2 rings (SSSR count). The van der Waals surface area contributed by atoms with Gasteiger partial charge in [0.2, 0.25) is 0 Å². The van der Waals surface area contributed by atoms with Crippen molar-refractivity contribution in [1.29, 1.82) is 0 Å². The molecule has 0 N–H and O–H groups in total. The van der Waals surface area contributed by atoms with Crippen molar-refractivity contribution in [3.63, 3.8) is 0 Å². The summed E-state index contributed by atoms with van der Waals surface area (Å²) in [6, 6.07) is 1.75.